The van der Waals surface area contributed by atoms with E-state index in [1.54, 1.807) is 17.9 Å². The first-order valence-electron chi connectivity index (χ1n) is 13.4. The maximum Gasteiger partial charge on any atom is 0.245 e. The molecule has 1 aromatic carbocycles. The SMILES string of the molecule is CCC(=O)N1CCc2cc(Br)cc(S(=O)(=O)N3CCC[C@@H](C(=O)NCCN4CCCC[C@@H]4CC)C3)c21. The minimum absolute atomic E-state index is 0.0674. The Balaban J connectivity index is 1.44. The third-order valence-electron chi connectivity index (χ3n) is 7.89. The van der Waals surface area contributed by atoms with Gasteiger partial charge >= 0.3 is 0 Å². The molecule has 0 saturated carbocycles. The van der Waals surface area contributed by atoms with E-state index in [0.717, 1.165) is 25.1 Å². The van der Waals surface area contributed by atoms with Crippen LogP contribution in [0.5, 0.6) is 0 Å². The number of nitrogens with one attached hydrogen (secondary N) is 1. The van der Waals surface area contributed by atoms with Crippen LogP contribution >= 0.6 is 15.9 Å². The van der Waals surface area contributed by atoms with Crippen molar-refractivity contribution in [3.63, 3.8) is 0 Å². The second kappa shape index (κ2) is 11.9. The van der Waals surface area contributed by atoms with Gasteiger partial charge in [0.15, 0.2) is 0 Å². The van der Waals surface area contributed by atoms with Crippen LogP contribution in [0.4, 0.5) is 5.69 Å². The second-order valence-electron chi connectivity index (χ2n) is 10.1. The number of sulfonamides is 1. The molecule has 3 aliphatic heterocycles. The van der Waals surface area contributed by atoms with Crippen molar-refractivity contribution in [3.8, 4) is 0 Å². The topological polar surface area (TPSA) is 90.0 Å². The highest BCUT2D eigenvalue weighted by Crippen LogP contribution is 2.39. The van der Waals surface area contributed by atoms with Crippen molar-refractivity contribution < 1.29 is 18.0 Å². The summed E-state index contributed by atoms with van der Waals surface area (Å²) in [5.41, 5.74) is 1.36. The molecule has 4 rings (SSSR count). The molecule has 0 radical (unpaired) electrons. The Morgan fingerprint density at radius 1 is 1.08 bits per heavy atom. The zero-order chi connectivity index (χ0) is 25.9. The van der Waals surface area contributed by atoms with Gasteiger partial charge in [0.2, 0.25) is 21.8 Å². The van der Waals surface area contributed by atoms with Gasteiger partial charge < -0.3 is 10.2 Å². The summed E-state index contributed by atoms with van der Waals surface area (Å²) in [6.07, 6.45) is 7.09. The average molecular weight is 584 g/mol. The normalized spacial score (nSPS) is 23.5. The van der Waals surface area contributed by atoms with Crippen LogP contribution in [0.25, 0.3) is 0 Å². The number of halogens is 1. The van der Waals surface area contributed by atoms with Crippen molar-refractivity contribution in [2.45, 2.75) is 76.2 Å². The molecular formula is C26H39BrN4O4S. The molecule has 0 bridgehead atoms. The lowest BCUT2D eigenvalue weighted by atomic mass is 9.98. The molecule has 2 saturated heterocycles. The molecule has 2 atom stereocenters. The van der Waals surface area contributed by atoms with Gasteiger partial charge in [0, 0.05) is 49.7 Å². The van der Waals surface area contributed by atoms with Crippen LogP contribution in [0, 0.1) is 5.92 Å². The molecule has 2 amide bonds. The summed E-state index contributed by atoms with van der Waals surface area (Å²) >= 11 is 3.46. The van der Waals surface area contributed by atoms with Crippen LogP contribution in [0.2, 0.25) is 0 Å². The number of carbonyl (C=O) groups is 2. The van der Waals surface area contributed by atoms with E-state index in [0.29, 0.717) is 61.5 Å². The van der Waals surface area contributed by atoms with Crippen molar-refractivity contribution in [1.29, 1.82) is 0 Å². The summed E-state index contributed by atoms with van der Waals surface area (Å²) in [5.74, 6) is -0.518. The molecule has 8 nitrogen and oxygen atoms in total. The van der Waals surface area contributed by atoms with Gasteiger partial charge in [-0.1, -0.05) is 36.2 Å². The lowest BCUT2D eigenvalue weighted by molar-refractivity contribution is -0.126. The van der Waals surface area contributed by atoms with Crippen molar-refractivity contribution in [2.24, 2.45) is 5.92 Å². The van der Waals surface area contributed by atoms with E-state index < -0.39 is 10.0 Å². The van der Waals surface area contributed by atoms with Crippen molar-refractivity contribution >= 4 is 43.5 Å². The molecular weight excluding hydrogens is 544 g/mol. The fraction of sp³-hybridized carbons (Fsp3) is 0.692. The number of nitrogens with zero attached hydrogens (tertiary/aromatic N) is 3. The first-order chi connectivity index (χ1) is 17.3. The molecule has 2 fully saturated rings. The minimum atomic E-state index is -3.88. The summed E-state index contributed by atoms with van der Waals surface area (Å²) in [6, 6.07) is 4.09. The fourth-order valence-electron chi connectivity index (χ4n) is 5.90. The summed E-state index contributed by atoms with van der Waals surface area (Å²) in [5, 5.41) is 3.07. The number of amides is 2. The van der Waals surface area contributed by atoms with Crippen LogP contribution < -0.4 is 10.2 Å². The molecule has 0 spiro atoms. The van der Waals surface area contributed by atoms with E-state index in [9.17, 15) is 18.0 Å². The Labute approximate surface area is 223 Å². The molecule has 10 heteroatoms. The van der Waals surface area contributed by atoms with Gasteiger partial charge in [-0.2, -0.15) is 4.31 Å². The number of benzene rings is 1. The Kier molecular flexibility index (Phi) is 9.12. The lowest BCUT2D eigenvalue weighted by Gasteiger charge is -2.35. The van der Waals surface area contributed by atoms with Crippen LogP contribution in [0.15, 0.2) is 21.5 Å². The number of rotatable bonds is 8. The van der Waals surface area contributed by atoms with E-state index in [1.165, 1.54) is 23.6 Å². The number of likely N-dealkylation sites (tertiary alicyclic amines) is 1. The maximum absolute atomic E-state index is 13.8. The minimum Gasteiger partial charge on any atom is -0.355 e. The highest BCUT2D eigenvalue weighted by molar-refractivity contribution is 9.10. The number of fused-ring (bicyclic) bond motifs is 1. The second-order valence-corrected chi connectivity index (χ2v) is 13.0. The highest BCUT2D eigenvalue weighted by Gasteiger charge is 2.38. The average Bonchev–Trinajstić information content (AvgIpc) is 3.31. The van der Waals surface area contributed by atoms with Crippen LogP contribution in [-0.4, -0.2) is 74.7 Å². The highest BCUT2D eigenvalue weighted by atomic mass is 79.9. The third kappa shape index (κ3) is 5.81. The van der Waals surface area contributed by atoms with Gasteiger partial charge in [0.1, 0.15) is 4.90 Å². The van der Waals surface area contributed by atoms with Crippen molar-refractivity contribution in [3.05, 3.63) is 22.2 Å². The predicted molar refractivity (Wildman–Crippen MR) is 144 cm³/mol. The third-order valence-corrected chi connectivity index (χ3v) is 10.2. The number of hydrogen-bond donors (Lipinski definition) is 1. The smallest absolute Gasteiger partial charge is 0.245 e. The number of piperidine rings is 2. The number of anilines is 1. The molecule has 0 aromatic heterocycles. The van der Waals surface area contributed by atoms with Crippen molar-refractivity contribution in [1.82, 2.24) is 14.5 Å². The van der Waals surface area contributed by atoms with Gasteiger partial charge in [-0.15, -0.1) is 0 Å². The molecule has 36 heavy (non-hydrogen) atoms. The zero-order valence-electron chi connectivity index (χ0n) is 21.5. The van der Waals surface area contributed by atoms with Crippen molar-refractivity contribution in [2.75, 3.05) is 44.2 Å². The Morgan fingerprint density at radius 3 is 2.64 bits per heavy atom. The first kappa shape index (κ1) is 27.5. The summed E-state index contributed by atoms with van der Waals surface area (Å²) in [6.45, 7) is 7.54. The van der Waals surface area contributed by atoms with Crippen LogP contribution in [0.3, 0.4) is 0 Å². The Hall–Kier alpha value is -1.49. The molecule has 0 aliphatic carbocycles. The van der Waals surface area contributed by atoms with Crippen LogP contribution in [-0.2, 0) is 26.0 Å². The molecule has 3 aliphatic rings. The lowest BCUT2D eigenvalue weighted by Crippen LogP contribution is -2.48. The summed E-state index contributed by atoms with van der Waals surface area (Å²) in [7, 11) is -3.88. The van der Waals surface area contributed by atoms with E-state index in [4.69, 9.17) is 0 Å². The molecule has 1 aromatic rings. The molecule has 0 unspecified atom stereocenters. The van der Waals surface area contributed by atoms with E-state index in [2.05, 4.69) is 33.1 Å². The molecule has 200 valence electrons. The predicted octanol–water partition coefficient (Wildman–Crippen LogP) is 3.53. The first-order valence-corrected chi connectivity index (χ1v) is 15.6. The monoisotopic (exact) mass is 582 g/mol. The molecule has 3 heterocycles. The van der Waals surface area contributed by atoms with Crippen LogP contribution in [0.1, 0.15) is 64.4 Å². The van der Waals surface area contributed by atoms with Gasteiger partial charge in [-0.25, -0.2) is 8.42 Å². The quantitative estimate of drug-likeness (QED) is 0.506. The van der Waals surface area contributed by atoms with E-state index in [1.807, 2.05) is 6.07 Å². The van der Waals surface area contributed by atoms with Gasteiger partial charge in [-0.05, 0) is 62.8 Å². The summed E-state index contributed by atoms with van der Waals surface area (Å²) < 4.78 is 29.8. The molecule has 1 N–H and O–H groups in total. The number of carbonyl (C=O) groups excluding carboxylic acids is 2. The maximum atomic E-state index is 13.8. The van der Waals surface area contributed by atoms with Gasteiger partial charge in [0.25, 0.3) is 0 Å². The fourth-order valence-corrected chi connectivity index (χ4v) is 8.35. The standard InChI is InChI=1S/C26H39BrN4O4S/c1-3-22-9-5-6-12-29(22)15-11-28-26(33)20-8-7-13-30(18-20)36(34,35)23-17-21(27)16-19-10-14-31(25(19)23)24(32)4-2/h16-17,20,22H,3-15,18H2,1-2H3,(H,28,33)/t20-,22+/m1/s1. The Morgan fingerprint density at radius 2 is 1.89 bits per heavy atom. The zero-order valence-corrected chi connectivity index (χ0v) is 23.9. The van der Waals surface area contributed by atoms with E-state index in [-0.39, 0.29) is 29.2 Å². The number of hydrogen-bond acceptors (Lipinski definition) is 5. The van der Waals surface area contributed by atoms with Gasteiger partial charge in [-0.3, -0.25) is 14.5 Å². The van der Waals surface area contributed by atoms with Gasteiger partial charge in [0.05, 0.1) is 11.6 Å². The van der Waals surface area contributed by atoms with E-state index >= 15 is 0 Å². The summed E-state index contributed by atoms with van der Waals surface area (Å²) in [4.78, 5) is 29.8. The Bertz CT molecular complexity index is 1080. The largest absolute Gasteiger partial charge is 0.355 e.